The number of aromatic nitrogens is 2. The molecule has 0 amide bonds. The molecule has 20 heavy (non-hydrogen) atoms. The van der Waals surface area contributed by atoms with Crippen LogP contribution in [0.5, 0.6) is 0 Å². The lowest BCUT2D eigenvalue weighted by Crippen LogP contribution is -2.04. The van der Waals surface area contributed by atoms with Gasteiger partial charge in [-0.1, -0.05) is 13.8 Å². The summed E-state index contributed by atoms with van der Waals surface area (Å²) in [5, 5.41) is 15.2. The van der Waals surface area contributed by atoms with Crippen molar-refractivity contribution in [3.05, 3.63) is 45.4 Å². The molecule has 0 atom stereocenters. The minimum Gasteiger partial charge on any atom is -0.478 e. The standard InChI is InChI=1S/C15H18N2O2S/c1-3-12-8-13(4-2)17(16-12)9-14-7-11(10-20-14)5-6-15(18)19/h5-8,10H,3-4,9H2,1-2H3,(H,18,19)/b6-5+. The van der Waals surface area contributed by atoms with Gasteiger partial charge in [-0.3, -0.25) is 4.68 Å². The first-order valence-electron chi connectivity index (χ1n) is 6.66. The SMILES string of the molecule is CCc1cc(CC)n(Cc2cc(/C=C/C(=O)O)cs2)n1. The van der Waals surface area contributed by atoms with Crippen LogP contribution in [-0.2, 0) is 24.2 Å². The molecule has 106 valence electrons. The van der Waals surface area contributed by atoms with E-state index in [-0.39, 0.29) is 0 Å². The van der Waals surface area contributed by atoms with Crippen LogP contribution in [0.4, 0.5) is 0 Å². The molecule has 0 fully saturated rings. The lowest BCUT2D eigenvalue weighted by molar-refractivity contribution is -0.131. The molecule has 2 heterocycles. The van der Waals surface area contributed by atoms with E-state index >= 15 is 0 Å². The highest BCUT2D eigenvalue weighted by molar-refractivity contribution is 7.10. The third-order valence-electron chi connectivity index (χ3n) is 3.04. The minimum atomic E-state index is -0.925. The summed E-state index contributed by atoms with van der Waals surface area (Å²) in [5.41, 5.74) is 3.27. The Labute approximate surface area is 122 Å². The second-order valence-electron chi connectivity index (χ2n) is 4.51. The maximum atomic E-state index is 10.5. The Morgan fingerprint density at radius 2 is 2.20 bits per heavy atom. The number of carboxylic acids is 1. The zero-order valence-corrected chi connectivity index (χ0v) is 12.5. The summed E-state index contributed by atoms with van der Waals surface area (Å²) in [5.74, 6) is -0.925. The topological polar surface area (TPSA) is 55.1 Å². The molecule has 2 aromatic heterocycles. The molecule has 0 aliphatic carbocycles. The lowest BCUT2D eigenvalue weighted by atomic mass is 10.2. The number of rotatable bonds is 6. The van der Waals surface area contributed by atoms with E-state index in [4.69, 9.17) is 5.11 Å². The van der Waals surface area contributed by atoms with E-state index in [1.807, 2.05) is 16.1 Å². The summed E-state index contributed by atoms with van der Waals surface area (Å²) in [4.78, 5) is 11.7. The van der Waals surface area contributed by atoms with E-state index in [1.54, 1.807) is 17.4 Å². The number of nitrogens with zero attached hydrogens (tertiary/aromatic N) is 2. The second-order valence-corrected chi connectivity index (χ2v) is 5.51. The van der Waals surface area contributed by atoms with Gasteiger partial charge in [-0.15, -0.1) is 11.3 Å². The van der Waals surface area contributed by atoms with Gasteiger partial charge in [-0.05, 0) is 42.0 Å². The molecule has 0 saturated carbocycles. The first kappa shape index (κ1) is 14.5. The van der Waals surface area contributed by atoms with Crippen LogP contribution in [0.1, 0.15) is 35.7 Å². The number of thiophene rings is 1. The smallest absolute Gasteiger partial charge is 0.328 e. The third kappa shape index (κ3) is 3.57. The number of hydrogen-bond donors (Lipinski definition) is 1. The fraction of sp³-hybridized carbons (Fsp3) is 0.333. The normalized spacial score (nSPS) is 11.3. The molecule has 0 aromatic carbocycles. The molecular formula is C15H18N2O2S. The van der Waals surface area contributed by atoms with Crippen molar-refractivity contribution in [2.75, 3.05) is 0 Å². The van der Waals surface area contributed by atoms with Crippen molar-refractivity contribution >= 4 is 23.4 Å². The van der Waals surface area contributed by atoms with Crippen LogP contribution in [0.2, 0.25) is 0 Å². The Morgan fingerprint density at radius 1 is 1.40 bits per heavy atom. The summed E-state index contributed by atoms with van der Waals surface area (Å²) < 4.78 is 2.04. The average molecular weight is 290 g/mol. The molecule has 0 aliphatic rings. The highest BCUT2D eigenvalue weighted by Gasteiger charge is 2.07. The average Bonchev–Trinajstić information content (AvgIpc) is 3.03. The zero-order valence-electron chi connectivity index (χ0n) is 11.7. The molecule has 0 radical (unpaired) electrons. The Kier molecular flexibility index (Phi) is 4.74. The van der Waals surface area contributed by atoms with Gasteiger partial charge in [0.1, 0.15) is 0 Å². The Hall–Kier alpha value is -1.88. The van der Waals surface area contributed by atoms with Gasteiger partial charge in [0.05, 0.1) is 12.2 Å². The molecule has 5 heteroatoms. The van der Waals surface area contributed by atoms with E-state index < -0.39 is 5.97 Å². The second kappa shape index (κ2) is 6.52. The maximum Gasteiger partial charge on any atom is 0.328 e. The molecule has 1 N–H and O–H groups in total. The maximum absolute atomic E-state index is 10.5. The first-order valence-corrected chi connectivity index (χ1v) is 7.54. The summed E-state index contributed by atoms with van der Waals surface area (Å²) in [6.07, 6.45) is 4.68. The van der Waals surface area contributed by atoms with Crippen LogP contribution in [0.3, 0.4) is 0 Å². The molecular weight excluding hydrogens is 272 g/mol. The van der Waals surface area contributed by atoms with E-state index in [0.29, 0.717) is 0 Å². The molecule has 4 nitrogen and oxygen atoms in total. The Balaban J connectivity index is 2.14. The van der Waals surface area contributed by atoms with Crippen LogP contribution in [-0.4, -0.2) is 20.9 Å². The largest absolute Gasteiger partial charge is 0.478 e. The Morgan fingerprint density at radius 3 is 2.85 bits per heavy atom. The fourth-order valence-electron chi connectivity index (χ4n) is 1.99. The highest BCUT2D eigenvalue weighted by Crippen LogP contribution is 2.18. The summed E-state index contributed by atoms with van der Waals surface area (Å²) in [7, 11) is 0. The van der Waals surface area contributed by atoms with Crippen LogP contribution < -0.4 is 0 Å². The van der Waals surface area contributed by atoms with Crippen molar-refractivity contribution < 1.29 is 9.90 Å². The van der Waals surface area contributed by atoms with Gasteiger partial charge in [0.15, 0.2) is 0 Å². The van der Waals surface area contributed by atoms with Crippen molar-refractivity contribution in [1.82, 2.24) is 9.78 Å². The predicted octanol–water partition coefficient (Wildman–Crippen LogP) is 3.22. The first-order chi connectivity index (χ1) is 9.62. The number of carboxylic acid groups (broad SMARTS) is 1. The highest BCUT2D eigenvalue weighted by atomic mass is 32.1. The van der Waals surface area contributed by atoms with Crippen LogP contribution in [0, 0.1) is 0 Å². The molecule has 0 saturated heterocycles. The predicted molar refractivity (Wildman–Crippen MR) is 81.1 cm³/mol. The molecule has 2 rings (SSSR count). The van der Waals surface area contributed by atoms with Gasteiger partial charge in [0, 0.05) is 16.6 Å². The van der Waals surface area contributed by atoms with Crippen molar-refractivity contribution in [3.63, 3.8) is 0 Å². The number of hydrogen-bond acceptors (Lipinski definition) is 3. The van der Waals surface area contributed by atoms with Crippen LogP contribution >= 0.6 is 11.3 Å². The van der Waals surface area contributed by atoms with E-state index in [0.717, 1.165) is 36.7 Å². The van der Waals surface area contributed by atoms with Gasteiger partial charge in [-0.25, -0.2) is 4.79 Å². The molecule has 0 aliphatic heterocycles. The molecule has 0 unspecified atom stereocenters. The van der Waals surface area contributed by atoms with Crippen molar-refractivity contribution in [2.24, 2.45) is 0 Å². The number of aryl methyl sites for hydroxylation is 2. The molecule has 0 bridgehead atoms. The van der Waals surface area contributed by atoms with E-state index in [1.165, 1.54) is 10.6 Å². The molecule has 2 aromatic rings. The van der Waals surface area contributed by atoms with Gasteiger partial charge >= 0.3 is 5.97 Å². The van der Waals surface area contributed by atoms with E-state index in [9.17, 15) is 4.79 Å². The van der Waals surface area contributed by atoms with Gasteiger partial charge < -0.3 is 5.11 Å². The number of carbonyl (C=O) groups is 1. The minimum absolute atomic E-state index is 0.745. The summed E-state index contributed by atoms with van der Waals surface area (Å²) in [6, 6.07) is 4.16. The number of aliphatic carboxylic acids is 1. The van der Waals surface area contributed by atoms with Crippen LogP contribution in [0.25, 0.3) is 6.08 Å². The van der Waals surface area contributed by atoms with Crippen LogP contribution in [0.15, 0.2) is 23.6 Å². The third-order valence-corrected chi connectivity index (χ3v) is 3.98. The van der Waals surface area contributed by atoms with Gasteiger partial charge in [0.25, 0.3) is 0 Å². The lowest BCUT2D eigenvalue weighted by Gasteiger charge is -2.03. The van der Waals surface area contributed by atoms with Gasteiger partial charge in [0.2, 0.25) is 0 Å². The monoisotopic (exact) mass is 290 g/mol. The quantitative estimate of drug-likeness (QED) is 0.831. The fourth-order valence-corrected chi connectivity index (χ4v) is 2.83. The van der Waals surface area contributed by atoms with Gasteiger partial charge in [-0.2, -0.15) is 5.10 Å². The van der Waals surface area contributed by atoms with Crippen molar-refractivity contribution in [3.8, 4) is 0 Å². The van der Waals surface area contributed by atoms with Crippen molar-refractivity contribution in [1.29, 1.82) is 0 Å². The Bertz CT molecular complexity index is 626. The van der Waals surface area contributed by atoms with Crippen molar-refractivity contribution in [2.45, 2.75) is 33.2 Å². The summed E-state index contributed by atoms with van der Waals surface area (Å²) in [6.45, 7) is 4.98. The summed E-state index contributed by atoms with van der Waals surface area (Å²) >= 11 is 1.63. The zero-order chi connectivity index (χ0) is 14.5. The molecule has 0 spiro atoms. The van der Waals surface area contributed by atoms with E-state index in [2.05, 4.69) is 25.0 Å².